The van der Waals surface area contributed by atoms with E-state index in [-0.39, 0.29) is 5.69 Å². The molecule has 15 heavy (non-hydrogen) atoms. The number of nitro benzene ring substituents is 1. The van der Waals surface area contributed by atoms with Gasteiger partial charge in [0.05, 0.1) is 22.4 Å². The van der Waals surface area contributed by atoms with Gasteiger partial charge >= 0.3 is 0 Å². The first-order valence-corrected chi connectivity index (χ1v) is 4.15. The van der Waals surface area contributed by atoms with Crippen LogP contribution in [0.15, 0.2) is 24.5 Å². The van der Waals surface area contributed by atoms with Crippen molar-refractivity contribution in [2.24, 2.45) is 0 Å². The van der Waals surface area contributed by atoms with Crippen LogP contribution in [0, 0.1) is 10.1 Å². The van der Waals surface area contributed by atoms with E-state index in [1.807, 2.05) is 0 Å². The maximum absolute atomic E-state index is 10.5. The SMILES string of the molecule is O=[N+]([O-])c1ccc2[nH]nc(C=CO)c2c1. The number of benzene rings is 1. The zero-order chi connectivity index (χ0) is 10.8. The van der Waals surface area contributed by atoms with Crippen LogP contribution in [0.1, 0.15) is 5.69 Å². The van der Waals surface area contributed by atoms with Gasteiger partial charge < -0.3 is 5.11 Å². The van der Waals surface area contributed by atoms with E-state index in [0.29, 0.717) is 16.6 Å². The summed E-state index contributed by atoms with van der Waals surface area (Å²) in [5, 5.41) is 26.4. The molecular weight excluding hydrogens is 198 g/mol. The van der Waals surface area contributed by atoms with Gasteiger partial charge in [0.15, 0.2) is 0 Å². The average Bonchev–Trinajstić information content (AvgIpc) is 2.61. The molecule has 2 N–H and O–H groups in total. The van der Waals surface area contributed by atoms with Gasteiger partial charge in [-0.05, 0) is 6.07 Å². The highest BCUT2D eigenvalue weighted by Crippen LogP contribution is 2.22. The largest absolute Gasteiger partial charge is 0.516 e. The number of nitrogens with one attached hydrogen (secondary N) is 1. The molecule has 1 aromatic carbocycles. The second-order valence-electron chi connectivity index (χ2n) is 2.91. The lowest BCUT2D eigenvalue weighted by atomic mass is 10.2. The van der Waals surface area contributed by atoms with Gasteiger partial charge in [0.1, 0.15) is 0 Å². The molecule has 0 bridgehead atoms. The minimum Gasteiger partial charge on any atom is -0.516 e. The summed E-state index contributed by atoms with van der Waals surface area (Å²) in [6.07, 6.45) is 2.21. The Morgan fingerprint density at radius 3 is 3.00 bits per heavy atom. The highest BCUT2D eigenvalue weighted by molar-refractivity contribution is 5.88. The molecule has 0 atom stereocenters. The highest BCUT2D eigenvalue weighted by Gasteiger charge is 2.09. The molecule has 6 heteroatoms. The first-order chi connectivity index (χ1) is 7.22. The second kappa shape index (κ2) is 3.41. The molecule has 76 valence electrons. The van der Waals surface area contributed by atoms with Crippen molar-refractivity contribution in [1.29, 1.82) is 0 Å². The van der Waals surface area contributed by atoms with Crippen LogP contribution < -0.4 is 0 Å². The normalized spacial score (nSPS) is 11.2. The van der Waals surface area contributed by atoms with Crippen molar-refractivity contribution in [3.05, 3.63) is 40.3 Å². The quantitative estimate of drug-likeness (QED) is 0.445. The van der Waals surface area contributed by atoms with Gasteiger partial charge in [-0.1, -0.05) is 0 Å². The maximum Gasteiger partial charge on any atom is 0.270 e. The number of nitro groups is 1. The van der Waals surface area contributed by atoms with Crippen molar-refractivity contribution < 1.29 is 10.0 Å². The van der Waals surface area contributed by atoms with Crippen LogP contribution in [0.5, 0.6) is 0 Å². The Bertz CT molecular complexity index is 545. The molecule has 0 aliphatic heterocycles. The average molecular weight is 205 g/mol. The minimum absolute atomic E-state index is 0.00325. The molecule has 0 aliphatic rings. The monoisotopic (exact) mass is 205 g/mol. The summed E-state index contributed by atoms with van der Waals surface area (Å²) in [5.41, 5.74) is 1.15. The van der Waals surface area contributed by atoms with Gasteiger partial charge in [0.2, 0.25) is 0 Å². The molecule has 6 nitrogen and oxygen atoms in total. The van der Waals surface area contributed by atoms with E-state index in [0.717, 1.165) is 6.26 Å². The van der Waals surface area contributed by atoms with Crippen LogP contribution >= 0.6 is 0 Å². The Morgan fingerprint density at radius 1 is 1.53 bits per heavy atom. The third-order valence-electron chi connectivity index (χ3n) is 2.02. The minimum atomic E-state index is -0.473. The molecule has 0 aliphatic carbocycles. The summed E-state index contributed by atoms with van der Waals surface area (Å²) >= 11 is 0. The Labute approximate surface area is 84.0 Å². The van der Waals surface area contributed by atoms with E-state index in [1.165, 1.54) is 18.2 Å². The standard InChI is InChI=1S/C9H7N3O3/c13-4-3-9-7-5-6(12(14)15)1-2-8(7)10-11-9/h1-5,13H,(H,10,11). The molecule has 0 radical (unpaired) electrons. The van der Waals surface area contributed by atoms with Crippen molar-refractivity contribution in [3.8, 4) is 0 Å². The molecule has 1 aromatic heterocycles. The molecule has 2 aromatic rings. The van der Waals surface area contributed by atoms with Crippen LogP contribution in [0.4, 0.5) is 5.69 Å². The number of aliphatic hydroxyl groups excluding tert-OH is 1. The van der Waals surface area contributed by atoms with Crippen molar-refractivity contribution in [3.63, 3.8) is 0 Å². The van der Waals surface area contributed by atoms with Crippen LogP contribution in [0.25, 0.3) is 17.0 Å². The van der Waals surface area contributed by atoms with Gasteiger partial charge in [-0.3, -0.25) is 15.2 Å². The number of non-ortho nitro benzene ring substituents is 1. The third-order valence-corrected chi connectivity index (χ3v) is 2.02. The fourth-order valence-corrected chi connectivity index (χ4v) is 1.33. The first kappa shape index (κ1) is 9.20. The van der Waals surface area contributed by atoms with Crippen molar-refractivity contribution in [1.82, 2.24) is 10.2 Å². The maximum atomic E-state index is 10.5. The lowest BCUT2D eigenvalue weighted by Crippen LogP contribution is -1.86. The summed E-state index contributed by atoms with van der Waals surface area (Å²) in [7, 11) is 0. The predicted octanol–water partition coefficient (Wildman–Crippen LogP) is 2.00. The van der Waals surface area contributed by atoms with E-state index in [9.17, 15) is 10.1 Å². The summed E-state index contributed by atoms with van der Waals surface area (Å²) in [6, 6.07) is 4.39. The van der Waals surface area contributed by atoms with E-state index < -0.39 is 4.92 Å². The Balaban J connectivity index is 2.66. The molecule has 2 rings (SSSR count). The Kier molecular flexibility index (Phi) is 2.09. The van der Waals surface area contributed by atoms with Gasteiger partial charge in [0.25, 0.3) is 5.69 Å². The van der Waals surface area contributed by atoms with Gasteiger partial charge in [-0.25, -0.2) is 0 Å². The van der Waals surface area contributed by atoms with Gasteiger partial charge in [0, 0.05) is 23.6 Å². The third kappa shape index (κ3) is 1.52. The van der Waals surface area contributed by atoms with Gasteiger partial charge in [-0.15, -0.1) is 0 Å². The molecule has 0 saturated heterocycles. The zero-order valence-electron chi connectivity index (χ0n) is 7.54. The number of rotatable bonds is 2. The lowest BCUT2D eigenvalue weighted by molar-refractivity contribution is -0.384. The zero-order valence-corrected chi connectivity index (χ0v) is 7.54. The highest BCUT2D eigenvalue weighted by atomic mass is 16.6. The molecule has 0 amide bonds. The van der Waals surface area contributed by atoms with Crippen LogP contribution in [0.2, 0.25) is 0 Å². The van der Waals surface area contributed by atoms with Gasteiger partial charge in [-0.2, -0.15) is 5.10 Å². The fourth-order valence-electron chi connectivity index (χ4n) is 1.33. The number of aliphatic hydroxyl groups is 1. The number of nitrogens with zero attached hydrogens (tertiary/aromatic N) is 2. The topological polar surface area (TPSA) is 92.0 Å². The van der Waals surface area contributed by atoms with Crippen LogP contribution in [0.3, 0.4) is 0 Å². The molecule has 0 unspecified atom stereocenters. The summed E-state index contributed by atoms with van der Waals surface area (Å²) in [6.45, 7) is 0. The van der Waals surface area contributed by atoms with Crippen LogP contribution in [-0.4, -0.2) is 20.2 Å². The second-order valence-corrected chi connectivity index (χ2v) is 2.91. The number of H-pyrrole nitrogens is 1. The smallest absolute Gasteiger partial charge is 0.270 e. The summed E-state index contributed by atoms with van der Waals surface area (Å²) < 4.78 is 0. The van der Waals surface area contributed by atoms with E-state index in [2.05, 4.69) is 10.2 Å². The lowest BCUT2D eigenvalue weighted by Gasteiger charge is -1.91. The Hall–Kier alpha value is -2.37. The fraction of sp³-hybridized carbons (Fsp3) is 0. The molecule has 1 heterocycles. The van der Waals surface area contributed by atoms with E-state index >= 15 is 0 Å². The summed E-state index contributed by atoms with van der Waals surface area (Å²) in [5.74, 6) is 0. The molecule has 0 spiro atoms. The number of fused-ring (bicyclic) bond motifs is 1. The molecular formula is C9H7N3O3. The number of aromatic amines is 1. The first-order valence-electron chi connectivity index (χ1n) is 4.15. The van der Waals surface area contributed by atoms with Crippen molar-refractivity contribution in [2.75, 3.05) is 0 Å². The Morgan fingerprint density at radius 2 is 2.33 bits per heavy atom. The number of aromatic nitrogens is 2. The molecule has 0 fully saturated rings. The van der Waals surface area contributed by atoms with E-state index in [4.69, 9.17) is 5.11 Å². The molecule has 0 saturated carbocycles. The predicted molar refractivity (Wildman–Crippen MR) is 54.4 cm³/mol. The van der Waals surface area contributed by atoms with E-state index in [1.54, 1.807) is 6.07 Å². The number of hydrogen-bond donors (Lipinski definition) is 2. The van der Waals surface area contributed by atoms with Crippen molar-refractivity contribution >= 4 is 22.7 Å². The van der Waals surface area contributed by atoms with Crippen LogP contribution in [-0.2, 0) is 0 Å². The summed E-state index contributed by atoms with van der Waals surface area (Å²) in [4.78, 5) is 10.1. The number of hydrogen-bond acceptors (Lipinski definition) is 4. The van der Waals surface area contributed by atoms with Crippen molar-refractivity contribution in [2.45, 2.75) is 0 Å².